The summed E-state index contributed by atoms with van der Waals surface area (Å²) < 4.78 is 31.3. The van der Waals surface area contributed by atoms with Gasteiger partial charge in [-0.05, 0) is 59.8 Å². The lowest BCUT2D eigenvalue weighted by Crippen LogP contribution is -2.26. The van der Waals surface area contributed by atoms with Gasteiger partial charge in [0.2, 0.25) is 0 Å². The van der Waals surface area contributed by atoms with E-state index in [4.69, 9.17) is 9.57 Å². The van der Waals surface area contributed by atoms with Crippen molar-refractivity contribution in [2.45, 2.75) is 43.1 Å². The Morgan fingerprint density at radius 1 is 1.26 bits per heavy atom. The molecule has 1 aliphatic carbocycles. The summed E-state index contributed by atoms with van der Waals surface area (Å²) in [5.41, 5.74) is 0.196. The van der Waals surface area contributed by atoms with Crippen LogP contribution in [0, 0.1) is 0 Å². The Kier molecular flexibility index (Phi) is 6.19. The second kappa shape index (κ2) is 7.74. The molecular formula is C15H20BrNO5S. The molecule has 0 radical (unpaired) electrons. The number of sulfonamides is 1. The van der Waals surface area contributed by atoms with Gasteiger partial charge < -0.3 is 4.74 Å². The van der Waals surface area contributed by atoms with Crippen LogP contribution in [0.1, 0.15) is 42.5 Å². The quantitative estimate of drug-likeness (QED) is 0.555. The van der Waals surface area contributed by atoms with Crippen molar-refractivity contribution in [3.63, 3.8) is 0 Å². The third kappa shape index (κ3) is 4.32. The van der Waals surface area contributed by atoms with E-state index in [1.165, 1.54) is 32.4 Å². The fourth-order valence-corrected chi connectivity index (χ4v) is 3.87. The van der Waals surface area contributed by atoms with Gasteiger partial charge in [-0.1, -0.05) is 10.9 Å². The van der Waals surface area contributed by atoms with E-state index in [-0.39, 0.29) is 16.6 Å². The normalized spacial score (nSPS) is 16.5. The number of benzene rings is 1. The van der Waals surface area contributed by atoms with Gasteiger partial charge >= 0.3 is 5.97 Å². The summed E-state index contributed by atoms with van der Waals surface area (Å²) in [7, 11) is -1.26. The molecule has 0 aliphatic heterocycles. The number of rotatable bonds is 5. The molecule has 0 aromatic heterocycles. The lowest BCUT2D eigenvalue weighted by molar-refractivity contribution is -0.0258. The predicted molar refractivity (Wildman–Crippen MR) is 88.4 cm³/mol. The number of ether oxygens (including phenoxy) is 1. The van der Waals surface area contributed by atoms with Gasteiger partial charge in [0.1, 0.15) is 6.10 Å². The fourth-order valence-electron chi connectivity index (χ4n) is 2.47. The smallest absolute Gasteiger partial charge is 0.339 e. The molecule has 6 nitrogen and oxygen atoms in total. The third-order valence-corrected chi connectivity index (χ3v) is 6.24. The molecule has 0 unspecified atom stereocenters. The first-order valence-corrected chi connectivity index (χ1v) is 9.63. The van der Waals surface area contributed by atoms with Gasteiger partial charge in [-0.15, -0.1) is 0 Å². The molecule has 0 N–H and O–H groups in total. The first kappa shape index (κ1) is 18.4. The zero-order valence-corrected chi connectivity index (χ0v) is 15.5. The number of halogens is 1. The number of hydrogen-bond acceptors (Lipinski definition) is 5. The average molecular weight is 406 g/mol. The van der Waals surface area contributed by atoms with E-state index in [2.05, 4.69) is 15.9 Å². The van der Waals surface area contributed by atoms with Crippen LogP contribution in [-0.4, -0.2) is 39.1 Å². The second-order valence-electron chi connectivity index (χ2n) is 5.40. The molecule has 1 aromatic rings. The Balaban J connectivity index is 2.25. The maximum atomic E-state index is 12.4. The van der Waals surface area contributed by atoms with Crippen molar-refractivity contribution < 1.29 is 22.8 Å². The third-order valence-electron chi connectivity index (χ3n) is 3.88. The maximum Gasteiger partial charge on any atom is 0.339 e. The van der Waals surface area contributed by atoms with Crippen molar-refractivity contribution >= 4 is 31.9 Å². The molecule has 1 saturated carbocycles. The number of carbonyl (C=O) groups excluding carboxylic acids is 1. The van der Waals surface area contributed by atoms with Crippen LogP contribution < -0.4 is 0 Å². The van der Waals surface area contributed by atoms with E-state index in [0.29, 0.717) is 4.47 Å². The maximum absolute atomic E-state index is 12.4. The minimum absolute atomic E-state index is 0.0272. The van der Waals surface area contributed by atoms with Gasteiger partial charge in [-0.2, -0.15) is 0 Å². The molecule has 0 amide bonds. The largest absolute Gasteiger partial charge is 0.459 e. The van der Waals surface area contributed by atoms with E-state index < -0.39 is 16.0 Å². The summed E-state index contributed by atoms with van der Waals surface area (Å²) in [5, 5.41) is 0. The standard InChI is InChI=1S/C15H20BrNO5S/c1-17(21-2)23(19,20)12-8-9-14(16)13(10-12)15(18)22-11-6-4-3-5-7-11/h8-11H,3-7H2,1-2H3. The van der Waals surface area contributed by atoms with Crippen LogP contribution in [0.4, 0.5) is 0 Å². The van der Waals surface area contributed by atoms with E-state index in [9.17, 15) is 13.2 Å². The molecule has 0 heterocycles. The van der Waals surface area contributed by atoms with E-state index in [0.717, 1.165) is 36.6 Å². The summed E-state index contributed by atoms with van der Waals surface area (Å²) in [5.74, 6) is -0.513. The number of esters is 1. The van der Waals surface area contributed by atoms with Crippen molar-refractivity contribution in [2.24, 2.45) is 0 Å². The van der Waals surface area contributed by atoms with Crippen molar-refractivity contribution in [1.29, 1.82) is 0 Å². The van der Waals surface area contributed by atoms with Crippen LogP contribution in [0.5, 0.6) is 0 Å². The van der Waals surface area contributed by atoms with Crippen LogP contribution >= 0.6 is 15.9 Å². The number of carbonyl (C=O) groups is 1. The molecule has 8 heteroatoms. The number of nitrogens with zero attached hydrogens (tertiary/aromatic N) is 1. The minimum atomic E-state index is -3.81. The number of hydroxylamine groups is 1. The Hall–Kier alpha value is -0.960. The van der Waals surface area contributed by atoms with E-state index >= 15 is 0 Å². The summed E-state index contributed by atoms with van der Waals surface area (Å²) in [6, 6.07) is 4.24. The topological polar surface area (TPSA) is 72.9 Å². The average Bonchev–Trinajstić information content (AvgIpc) is 2.55. The molecule has 0 bridgehead atoms. The minimum Gasteiger partial charge on any atom is -0.459 e. The lowest BCUT2D eigenvalue weighted by atomic mass is 9.98. The second-order valence-corrected chi connectivity index (χ2v) is 8.19. The zero-order chi connectivity index (χ0) is 17.0. The molecule has 1 aliphatic rings. The molecule has 23 heavy (non-hydrogen) atoms. The monoisotopic (exact) mass is 405 g/mol. The first-order valence-electron chi connectivity index (χ1n) is 7.40. The Morgan fingerprint density at radius 2 is 1.91 bits per heavy atom. The highest BCUT2D eigenvalue weighted by molar-refractivity contribution is 9.10. The highest BCUT2D eigenvalue weighted by atomic mass is 79.9. The Morgan fingerprint density at radius 3 is 2.52 bits per heavy atom. The van der Waals surface area contributed by atoms with Crippen LogP contribution in [0.15, 0.2) is 27.6 Å². The van der Waals surface area contributed by atoms with Crippen LogP contribution in [0.2, 0.25) is 0 Å². The summed E-state index contributed by atoms with van der Waals surface area (Å²) in [6.45, 7) is 0. The van der Waals surface area contributed by atoms with Crippen LogP contribution in [-0.2, 0) is 19.6 Å². The van der Waals surface area contributed by atoms with Gasteiger partial charge in [0.05, 0.1) is 17.6 Å². The van der Waals surface area contributed by atoms with E-state index in [1.54, 1.807) is 0 Å². The molecule has 0 saturated heterocycles. The van der Waals surface area contributed by atoms with Crippen LogP contribution in [0.25, 0.3) is 0 Å². The first-order chi connectivity index (χ1) is 10.9. The van der Waals surface area contributed by atoms with Crippen molar-refractivity contribution in [3.05, 3.63) is 28.2 Å². The van der Waals surface area contributed by atoms with Crippen molar-refractivity contribution in [1.82, 2.24) is 4.47 Å². The van der Waals surface area contributed by atoms with Gasteiger partial charge in [0.25, 0.3) is 10.0 Å². The van der Waals surface area contributed by atoms with Gasteiger partial charge in [-0.25, -0.2) is 13.2 Å². The van der Waals surface area contributed by atoms with Crippen LogP contribution in [0.3, 0.4) is 0 Å². The Bertz CT molecular complexity index is 670. The molecule has 1 fully saturated rings. The molecule has 2 rings (SSSR count). The SMILES string of the molecule is CON(C)S(=O)(=O)c1ccc(Br)c(C(=O)OC2CCCCC2)c1. The predicted octanol–water partition coefficient (Wildman–Crippen LogP) is 3.12. The fraction of sp³-hybridized carbons (Fsp3) is 0.533. The highest BCUT2D eigenvalue weighted by Gasteiger charge is 2.25. The van der Waals surface area contributed by atoms with Crippen molar-refractivity contribution in [3.8, 4) is 0 Å². The number of hydrogen-bond donors (Lipinski definition) is 0. The zero-order valence-electron chi connectivity index (χ0n) is 13.1. The molecular weight excluding hydrogens is 386 g/mol. The molecule has 1 aromatic carbocycles. The lowest BCUT2D eigenvalue weighted by Gasteiger charge is -2.22. The van der Waals surface area contributed by atoms with Gasteiger partial charge in [0.15, 0.2) is 0 Å². The van der Waals surface area contributed by atoms with Gasteiger partial charge in [0, 0.05) is 11.5 Å². The molecule has 0 atom stereocenters. The van der Waals surface area contributed by atoms with Gasteiger partial charge in [-0.3, -0.25) is 4.84 Å². The van der Waals surface area contributed by atoms with E-state index in [1.807, 2.05) is 0 Å². The molecule has 128 valence electrons. The highest BCUT2D eigenvalue weighted by Crippen LogP contribution is 2.26. The summed E-state index contributed by atoms with van der Waals surface area (Å²) >= 11 is 3.28. The Labute approximate surface area is 144 Å². The van der Waals surface area contributed by atoms with Crippen molar-refractivity contribution in [2.75, 3.05) is 14.2 Å². The molecule has 0 spiro atoms. The summed E-state index contributed by atoms with van der Waals surface area (Å²) in [6.07, 6.45) is 4.87. The summed E-state index contributed by atoms with van der Waals surface area (Å²) in [4.78, 5) is 17.1.